The van der Waals surface area contributed by atoms with E-state index in [4.69, 9.17) is 5.73 Å². The number of carbonyl (C=O) groups excluding carboxylic acids is 1. The van der Waals surface area contributed by atoms with Crippen LogP contribution in [0.5, 0.6) is 0 Å². The third-order valence-electron chi connectivity index (χ3n) is 3.82. The lowest BCUT2D eigenvalue weighted by molar-refractivity contribution is -0.198. The highest BCUT2D eigenvalue weighted by Gasteiger charge is 2.48. The summed E-state index contributed by atoms with van der Waals surface area (Å²) in [5.74, 6) is -2.92. The van der Waals surface area contributed by atoms with Crippen molar-refractivity contribution in [2.75, 3.05) is 13.1 Å². The average molecular weight is 280 g/mol. The Bertz CT molecular complexity index is 316. The van der Waals surface area contributed by atoms with E-state index in [0.29, 0.717) is 32.4 Å². The minimum absolute atomic E-state index is 0.0574. The lowest BCUT2D eigenvalue weighted by Crippen LogP contribution is -2.46. The van der Waals surface area contributed by atoms with Gasteiger partial charge in [0.25, 0.3) is 0 Å². The van der Waals surface area contributed by atoms with Gasteiger partial charge in [-0.15, -0.1) is 0 Å². The van der Waals surface area contributed by atoms with Crippen LogP contribution in [0.4, 0.5) is 13.2 Å². The summed E-state index contributed by atoms with van der Waals surface area (Å²) in [5, 5.41) is 2.63. The third kappa shape index (κ3) is 4.67. The van der Waals surface area contributed by atoms with Crippen molar-refractivity contribution in [3.63, 3.8) is 0 Å². The van der Waals surface area contributed by atoms with Crippen molar-refractivity contribution < 1.29 is 18.0 Å². The molecule has 1 saturated carbocycles. The Morgan fingerprint density at radius 2 is 1.84 bits per heavy atom. The molecule has 1 fully saturated rings. The molecule has 3 N–H and O–H groups in total. The first-order valence-electron chi connectivity index (χ1n) is 6.72. The van der Waals surface area contributed by atoms with Crippen LogP contribution < -0.4 is 11.1 Å². The molecule has 2 atom stereocenters. The Morgan fingerprint density at radius 1 is 1.26 bits per heavy atom. The van der Waals surface area contributed by atoms with Gasteiger partial charge >= 0.3 is 6.18 Å². The highest BCUT2D eigenvalue weighted by molar-refractivity contribution is 5.79. The number of alkyl halides is 3. The van der Waals surface area contributed by atoms with Crippen molar-refractivity contribution in [2.24, 2.45) is 23.0 Å². The van der Waals surface area contributed by atoms with E-state index in [1.54, 1.807) is 0 Å². The molecule has 2 unspecified atom stereocenters. The molecular formula is C13H23F3N2O. The SMILES string of the molecule is CC(C)(CN)CNC(=O)C1CCCCC1C(F)(F)F. The molecule has 112 valence electrons. The van der Waals surface area contributed by atoms with E-state index < -0.39 is 23.9 Å². The molecule has 1 rings (SSSR count). The smallest absolute Gasteiger partial charge is 0.355 e. The average Bonchev–Trinajstić information content (AvgIpc) is 2.35. The summed E-state index contributed by atoms with van der Waals surface area (Å²) in [6.45, 7) is 4.43. The van der Waals surface area contributed by atoms with E-state index in [1.807, 2.05) is 13.8 Å². The molecule has 0 heterocycles. The third-order valence-corrected chi connectivity index (χ3v) is 3.82. The monoisotopic (exact) mass is 280 g/mol. The molecule has 0 aromatic heterocycles. The Hall–Kier alpha value is -0.780. The van der Waals surface area contributed by atoms with Crippen LogP contribution in [-0.2, 0) is 4.79 Å². The van der Waals surface area contributed by atoms with Crippen LogP contribution in [-0.4, -0.2) is 25.2 Å². The summed E-state index contributed by atoms with van der Waals surface area (Å²) < 4.78 is 38.7. The van der Waals surface area contributed by atoms with Gasteiger partial charge in [0.05, 0.1) is 5.92 Å². The van der Waals surface area contributed by atoms with Gasteiger partial charge in [0.1, 0.15) is 0 Å². The molecule has 6 heteroatoms. The van der Waals surface area contributed by atoms with Crippen molar-refractivity contribution in [3.05, 3.63) is 0 Å². The molecule has 0 bridgehead atoms. The zero-order chi connectivity index (χ0) is 14.7. The summed E-state index contributed by atoms with van der Waals surface area (Å²) in [6.07, 6.45) is -2.68. The minimum atomic E-state index is -4.29. The second-order valence-electron chi connectivity index (χ2n) is 6.13. The summed E-state index contributed by atoms with van der Waals surface area (Å²) in [6, 6.07) is 0. The second-order valence-corrected chi connectivity index (χ2v) is 6.13. The number of nitrogens with one attached hydrogen (secondary N) is 1. The van der Waals surface area contributed by atoms with Gasteiger partial charge in [0, 0.05) is 12.5 Å². The van der Waals surface area contributed by atoms with Gasteiger partial charge in [0.2, 0.25) is 5.91 Å². The maximum absolute atomic E-state index is 12.9. The van der Waals surface area contributed by atoms with Gasteiger partial charge in [-0.3, -0.25) is 4.79 Å². The lowest BCUT2D eigenvalue weighted by atomic mass is 9.78. The molecule has 0 aromatic rings. The van der Waals surface area contributed by atoms with Crippen molar-refractivity contribution in [1.82, 2.24) is 5.32 Å². The van der Waals surface area contributed by atoms with Crippen molar-refractivity contribution in [2.45, 2.75) is 45.7 Å². The summed E-state index contributed by atoms with van der Waals surface area (Å²) in [4.78, 5) is 12.0. The molecule has 1 aliphatic carbocycles. The van der Waals surface area contributed by atoms with E-state index in [9.17, 15) is 18.0 Å². The van der Waals surface area contributed by atoms with Crippen molar-refractivity contribution in [3.8, 4) is 0 Å². The maximum atomic E-state index is 12.9. The normalized spacial score (nSPS) is 25.2. The van der Waals surface area contributed by atoms with E-state index in [1.165, 1.54) is 0 Å². The molecule has 0 aliphatic heterocycles. The Morgan fingerprint density at radius 3 is 2.37 bits per heavy atom. The first kappa shape index (κ1) is 16.3. The Balaban J connectivity index is 2.63. The zero-order valence-corrected chi connectivity index (χ0v) is 11.5. The Kier molecular flexibility index (Phi) is 5.24. The molecule has 0 spiro atoms. The summed E-state index contributed by atoms with van der Waals surface area (Å²) in [5.41, 5.74) is 5.24. The first-order chi connectivity index (χ1) is 8.67. The lowest BCUT2D eigenvalue weighted by Gasteiger charge is -2.33. The van der Waals surface area contributed by atoms with Gasteiger partial charge in [-0.25, -0.2) is 0 Å². The van der Waals surface area contributed by atoms with E-state index in [-0.39, 0.29) is 11.8 Å². The van der Waals surface area contributed by atoms with Gasteiger partial charge in [-0.2, -0.15) is 13.2 Å². The van der Waals surface area contributed by atoms with E-state index >= 15 is 0 Å². The number of halogens is 3. The summed E-state index contributed by atoms with van der Waals surface area (Å²) >= 11 is 0. The fraction of sp³-hybridized carbons (Fsp3) is 0.923. The second kappa shape index (κ2) is 6.11. The molecular weight excluding hydrogens is 257 g/mol. The fourth-order valence-electron chi connectivity index (χ4n) is 2.37. The molecule has 0 saturated heterocycles. The van der Waals surface area contributed by atoms with E-state index in [2.05, 4.69) is 5.32 Å². The molecule has 1 aliphatic rings. The van der Waals surface area contributed by atoms with Gasteiger partial charge in [0.15, 0.2) is 0 Å². The largest absolute Gasteiger partial charge is 0.392 e. The number of amides is 1. The molecule has 19 heavy (non-hydrogen) atoms. The van der Waals surface area contributed by atoms with Gasteiger partial charge in [-0.05, 0) is 24.8 Å². The summed E-state index contributed by atoms with van der Waals surface area (Å²) in [7, 11) is 0. The number of hydrogen-bond donors (Lipinski definition) is 2. The highest BCUT2D eigenvalue weighted by atomic mass is 19.4. The molecule has 0 radical (unpaired) electrons. The predicted octanol–water partition coefficient (Wildman–Crippen LogP) is 2.46. The highest BCUT2D eigenvalue weighted by Crippen LogP contribution is 2.41. The number of nitrogens with two attached hydrogens (primary N) is 1. The van der Waals surface area contributed by atoms with Crippen LogP contribution in [0.15, 0.2) is 0 Å². The molecule has 3 nitrogen and oxygen atoms in total. The predicted molar refractivity (Wildman–Crippen MR) is 67.3 cm³/mol. The quantitative estimate of drug-likeness (QED) is 0.831. The van der Waals surface area contributed by atoms with Crippen LogP contribution in [0.2, 0.25) is 0 Å². The minimum Gasteiger partial charge on any atom is -0.355 e. The molecule has 1 amide bonds. The standard InChI is InChI=1S/C13H23F3N2O/c1-12(2,7-17)8-18-11(19)9-5-3-4-6-10(9)13(14,15)16/h9-10H,3-8,17H2,1-2H3,(H,18,19). The molecule has 0 aromatic carbocycles. The number of hydrogen-bond acceptors (Lipinski definition) is 2. The fourth-order valence-corrected chi connectivity index (χ4v) is 2.37. The van der Waals surface area contributed by atoms with Crippen LogP contribution >= 0.6 is 0 Å². The Labute approximate surface area is 112 Å². The van der Waals surface area contributed by atoms with Crippen molar-refractivity contribution in [1.29, 1.82) is 0 Å². The number of carbonyl (C=O) groups is 1. The van der Waals surface area contributed by atoms with Crippen LogP contribution in [0.3, 0.4) is 0 Å². The first-order valence-corrected chi connectivity index (χ1v) is 6.72. The maximum Gasteiger partial charge on any atom is 0.392 e. The number of rotatable bonds is 4. The van der Waals surface area contributed by atoms with Crippen LogP contribution in [0.1, 0.15) is 39.5 Å². The van der Waals surface area contributed by atoms with Gasteiger partial charge in [-0.1, -0.05) is 26.7 Å². The van der Waals surface area contributed by atoms with E-state index in [0.717, 1.165) is 0 Å². The zero-order valence-electron chi connectivity index (χ0n) is 11.5. The van der Waals surface area contributed by atoms with Crippen LogP contribution in [0, 0.1) is 17.3 Å². The van der Waals surface area contributed by atoms with Gasteiger partial charge < -0.3 is 11.1 Å². The topological polar surface area (TPSA) is 55.1 Å². The van der Waals surface area contributed by atoms with Crippen LogP contribution in [0.25, 0.3) is 0 Å². The van der Waals surface area contributed by atoms with Crippen molar-refractivity contribution >= 4 is 5.91 Å².